The smallest absolute Gasteiger partial charge is 0.266 e. The normalized spacial score (nSPS) is 12.8. The van der Waals surface area contributed by atoms with Gasteiger partial charge in [-0.2, -0.15) is 8.42 Å². The molecule has 1 atom stereocenters. The van der Waals surface area contributed by atoms with Crippen LogP contribution in [0, 0.1) is 17.0 Å². The first-order valence-electron chi connectivity index (χ1n) is 12.6. The molecule has 0 spiro atoms. The standard InChI is InChI=1S/C30H32F2N2O5S/c1-30(2,3)15-14-20-4-8-22(9-5-20)25(29(36)34-27-19-24(31)12-13-26(27)32)18-21-6-10-23(11-7-21)28(35)33-16-17-40(37,38)39/h4-15,19,25H,16-18H2,1-3H3,(H,33,35)(H,34,36)(H,37,38,39). The Balaban J connectivity index is 1.83. The number of amides is 2. The predicted octanol–water partition coefficient (Wildman–Crippen LogP) is 5.61. The number of hydrogen-bond acceptors (Lipinski definition) is 4. The van der Waals surface area contributed by atoms with E-state index < -0.39 is 45.2 Å². The van der Waals surface area contributed by atoms with E-state index in [1.165, 1.54) is 12.1 Å². The van der Waals surface area contributed by atoms with Crippen LogP contribution in [-0.4, -0.2) is 37.1 Å². The molecule has 0 aliphatic rings. The number of anilines is 1. The molecule has 7 nitrogen and oxygen atoms in total. The zero-order chi connectivity index (χ0) is 29.5. The average molecular weight is 571 g/mol. The minimum Gasteiger partial charge on any atom is -0.351 e. The van der Waals surface area contributed by atoms with Crippen LogP contribution < -0.4 is 10.6 Å². The maximum Gasteiger partial charge on any atom is 0.266 e. The average Bonchev–Trinajstić information content (AvgIpc) is 2.87. The van der Waals surface area contributed by atoms with Crippen molar-refractivity contribution in [1.29, 1.82) is 0 Å². The van der Waals surface area contributed by atoms with E-state index in [4.69, 9.17) is 4.55 Å². The lowest BCUT2D eigenvalue weighted by Crippen LogP contribution is -2.28. The number of benzene rings is 3. The first-order chi connectivity index (χ1) is 18.7. The summed E-state index contributed by atoms with van der Waals surface area (Å²) in [5.74, 6) is -3.88. The molecule has 1 unspecified atom stereocenters. The summed E-state index contributed by atoms with van der Waals surface area (Å²) in [7, 11) is -4.20. The van der Waals surface area contributed by atoms with Gasteiger partial charge in [0, 0.05) is 18.2 Å². The van der Waals surface area contributed by atoms with Crippen molar-refractivity contribution in [2.75, 3.05) is 17.6 Å². The van der Waals surface area contributed by atoms with Gasteiger partial charge in [-0.25, -0.2) is 8.78 Å². The second-order valence-corrected chi connectivity index (χ2v) is 12.0. The van der Waals surface area contributed by atoms with Crippen molar-refractivity contribution in [2.45, 2.75) is 33.1 Å². The lowest BCUT2D eigenvalue weighted by atomic mass is 9.89. The third-order valence-electron chi connectivity index (χ3n) is 5.92. The fourth-order valence-electron chi connectivity index (χ4n) is 3.78. The molecule has 0 saturated carbocycles. The Morgan fingerprint density at radius 2 is 1.62 bits per heavy atom. The van der Waals surface area contributed by atoms with E-state index in [1.807, 2.05) is 30.3 Å². The third kappa shape index (κ3) is 9.69. The van der Waals surface area contributed by atoms with E-state index in [-0.39, 0.29) is 29.6 Å². The van der Waals surface area contributed by atoms with Gasteiger partial charge in [-0.05, 0) is 52.8 Å². The first-order valence-corrected chi connectivity index (χ1v) is 14.2. The molecular weight excluding hydrogens is 538 g/mol. The third-order valence-corrected chi connectivity index (χ3v) is 6.64. The second kappa shape index (κ2) is 13.0. The van der Waals surface area contributed by atoms with E-state index >= 15 is 0 Å². The maximum absolute atomic E-state index is 14.3. The van der Waals surface area contributed by atoms with Crippen molar-refractivity contribution in [3.05, 3.63) is 107 Å². The van der Waals surface area contributed by atoms with E-state index in [2.05, 4.69) is 37.5 Å². The van der Waals surface area contributed by atoms with Crippen molar-refractivity contribution in [3.63, 3.8) is 0 Å². The Morgan fingerprint density at radius 1 is 0.975 bits per heavy atom. The van der Waals surface area contributed by atoms with Gasteiger partial charge in [0.2, 0.25) is 5.91 Å². The van der Waals surface area contributed by atoms with Crippen LogP contribution in [0.4, 0.5) is 14.5 Å². The van der Waals surface area contributed by atoms with Gasteiger partial charge in [-0.3, -0.25) is 14.1 Å². The molecule has 10 heteroatoms. The highest BCUT2D eigenvalue weighted by atomic mass is 32.2. The fraction of sp³-hybridized carbons (Fsp3) is 0.267. The molecule has 3 N–H and O–H groups in total. The van der Waals surface area contributed by atoms with Crippen molar-refractivity contribution in [3.8, 4) is 0 Å². The molecule has 0 radical (unpaired) electrons. The lowest BCUT2D eigenvalue weighted by molar-refractivity contribution is -0.117. The monoisotopic (exact) mass is 570 g/mol. The molecule has 3 aromatic rings. The second-order valence-electron chi connectivity index (χ2n) is 10.5. The Hall–Kier alpha value is -3.89. The summed E-state index contributed by atoms with van der Waals surface area (Å²) in [5, 5.41) is 4.90. The van der Waals surface area contributed by atoms with Crippen LogP contribution in [0.5, 0.6) is 0 Å². The molecule has 0 aliphatic heterocycles. The van der Waals surface area contributed by atoms with Gasteiger partial charge in [-0.1, -0.05) is 69.3 Å². The van der Waals surface area contributed by atoms with E-state index in [0.717, 1.165) is 23.8 Å². The molecule has 0 aromatic heterocycles. The summed E-state index contributed by atoms with van der Waals surface area (Å²) < 4.78 is 58.4. The van der Waals surface area contributed by atoms with Gasteiger partial charge in [0.15, 0.2) is 0 Å². The van der Waals surface area contributed by atoms with Gasteiger partial charge in [0.05, 0.1) is 17.4 Å². The molecule has 2 amide bonds. The molecule has 0 bridgehead atoms. The number of hydrogen-bond donors (Lipinski definition) is 3. The molecule has 0 fully saturated rings. The molecule has 212 valence electrons. The number of carbonyl (C=O) groups excluding carboxylic acids is 2. The highest BCUT2D eigenvalue weighted by Crippen LogP contribution is 2.26. The predicted molar refractivity (Wildman–Crippen MR) is 152 cm³/mol. The van der Waals surface area contributed by atoms with E-state index in [0.29, 0.717) is 11.1 Å². The molecular formula is C30H32F2N2O5S. The summed E-state index contributed by atoms with van der Waals surface area (Å²) in [6.07, 6.45) is 4.25. The fourth-order valence-corrected chi connectivity index (χ4v) is 4.14. The summed E-state index contributed by atoms with van der Waals surface area (Å²) in [5.41, 5.74) is 2.29. The quantitative estimate of drug-likeness (QED) is 0.275. The van der Waals surface area contributed by atoms with E-state index in [1.54, 1.807) is 12.1 Å². The molecule has 0 aliphatic carbocycles. The van der Waals surface area contributed by atoms with Crippen LogP contribution in [0.25, 0.3) is 6.08 Å². The summed E-state index contributed by atoms with van der Waals surface area (Å²) in [6, 6.07) is 16.6. The van der Waals surface area contributed by atoms with Gasteiger partial charge in [-0.15, -0.1) is 0 Å². The van der Waals surface area contributed by atoms with Gasteiger partial charge >= 0.3 is 0 Å². The maximum atomic E-state index is 14.3. The molecule has 40 heavy (non-hydrogen) atoms. The van der Waals surface area contributed by atoms with Crippen LogP contribution in [0.3, 0.4) is 0 Å². The Labute approximate surface area is 233 Å². The molecule has 3 rings (SSSR count). The largest absolute Gasteiger partial charge is 0.351 e. The zero-order valence-electron chi connectivity index (χ0n) is 22.4. The van der Waals surface area contributed by atoms with Crippen molar-refractivity contribution in [1.82, 2.24) is 5.32 Å². The minimum atomic E-state index is -4.20. The summed E-state index contributed by atoms with van der Waals surface area (Å²) in [4.78, 5) is 25.6. The number of nitrogens with one attached hydrogen (secondary N) is 2. The van der Waals surface area contributed by atoms with Crippen molar-refractivity contribution in [2.24, 2.45) is 5.41 Å². The van der Waals surface area contributed by atoms with Crippen molar-refractivity contribution >= 4 is 33.7 Å². The van der Waals surface area contributed by atoms with Crippen LogP contribution in [0.15, 0.2) is 72.8 Å². The molecule has 0 saturated heterocycles. The minimum absolute atomic E-state index is 0.00424. The van der Waals surface area contributed by atoms with Crippen LogP contribution in [0.2, 0.25) is 0 Å². The first kappa shape index (κ1) is 30.6. The van der Waals surface area contributed by atoms with Crippen molar-refractivity contribution < 1.29 is 31.3 Å². The number of carbonyl (C=O) groups is 2. The van der Waals surface area contributed by atoms with Gasteiger partial charge < -0.3 is 10.6 Å². The van der Waals surface area contributed by atoms with Crippen LogP contribution >= 0.6 is 0 Å². The highest BCUT2D eigenvalue weighted by molar-refractivity contribution is 7.85. The summed E-state index contributed by atoms with van der Waals surface area (Å²) >= 11 is 0. The number of halogens is 2. The Bertz CT molecular complexity index is 1480. The zero-order valence-corrected chi connectivity index (χ0v) is 23.3. The lowest BCUT2D eigenvalue weighted by Gasteiger charge is -2.19. The number of rotatable bonds is 10. The Morgan fingerprint density at radius 3 is 2.23 bits per heavy atom. The van der Waals surface area contributed by atoms with Gasteiger partial charge in [0.1, 0.15) is 11.6 Å². The van der Waals surface area contributed by atoms with Crippen LogP contribution in [-0.2, 0) is 21.3 Å². The molecule has 3 aromatic carbocycles. The summed E-state index contributed by atoms with van der Waals surface area (Å²) in [6.45, 7) is 5.99. The SMILES string of the molecule is CC(C)(C)C=Cc1ccc(C(Cc2ccc(C(=O)NCCS(=O)(=O)O)cc2)C(=O)Nc2cc(F)ccc2F)cc1. The van der Waals surface area contributed by atoms with E-state index in [9.17, 15) is 26.8 Å². The van der Waals surface area contributed by atoms with Crippen LogP contribution in [0.1, 0.15) is 53.7 Å². The highest BCUT2D eigenvalue weighted by Gasteiger charge is 2.23. The molecule has 0 heterocycles. The van der Waals surface area contributed by atoms with Gasteiger partial charge in [0.25, 0.3) is 16.0 Å². The Kier molecular flexibility index (Phi) is 9.94. The topological polar surface area (TPSA) is 113 Å². The number of allylic oxidation sites excluding steroid dienone is 1.